The summed E-state index contributed by atoms with van der Waals surface area (Å²) in [5.41, 5.74) is 3.75. The molecule has 0 bridgehead atoms. The first kappa shape index (κ1) is 18.7. The number of anilines is 3. The summed E-state index contributed by atoms with van der Waals surface area (Å²) in [5.74, 6) is -0.414. The summed E-state index contributed by atoms with van der Waals surface area (Å²) in [6.45, 7) is 0.997. The highest BCUT2D eigenvalue weighted by molar-refractivity contribution is 5.97. The molecule has 4 rings (SSSR count). The first-order valence-corrected chi connectivity index (χ1v) is 9.72. The van der Waals surface area contributed by atoms with E-state index < -0.39 is 0 Å². The van der Waals surface area contributed by atoms with Crippen LogP contribution in [0, 0.1) is 5.92 Å². The van der Waals surface area contributed by atoms with E-state index in [1.165, 1.54) is 0 Å². The zero-order valence-electron chi connectivity index (χ0n) is 16.0. The van der Waals surface area contributed by atoms with Crippen LogP contribution in [0.4, 0.5) is 17.1 Å². The summed E-state index contributed by atoms with van der Waals surface area (Å²) in [7, 11) is 0. The second-order valence-electron chi connectivity index (χ2n) is 7.22. The molecule has 1 heterocycles. The Labute approximate surface area is 170 Å². The van der Waals surface area contributed by atoms with Gasteiger partial charge in [-0.3, -0.25) is 9.59 Å². The van der Waals surface area contributed by atoms with E-state index in [4.69, 9.17) is 0 Å². The minimum Gasteiger partial charge on any atom is -0.356 e. The summed E-state index contributed by atoms with van der Waals surface area (Å²) >= 11 is 0. The molecule has 0 saturated carbocycles. The molecule has 0 unspecified atom stereocenters. The van der Waals surface area contributed by atoms with Crippen molar-refractivity contribution in [3.8, 4) is 0 Å². The quantitative estimate of drug-likeness (QED) is 0.660. The van der Waals surface area contributed by atoms with Gasteiger partial charge in [0.1, 0.15) is 0 Å². The number of likely N-dealkylation sites (tertiary alicyclic amines) is 1. The van der Waals surface area contributed by atoms with Crippen LogP contribution < -0.4 is 10.6 Å². The smallest absolute Gasteiger partial charge is 0.229 e. The molecule has 1 atom stereocenters. The first-order chi connectivity index (χ1) is 14.2. The molecule has 0 aliphatic carbocycles. The maximum Gasteiger partial charge on any atom is 0.229 e. The third-order valence-corrected chi connectivity index (χ3v) is 5.02. The standard InChI is InChI=1S/C24H23N3O2/c28-23-15-19(17-27(23)16-18-7-3-1-4-8-18)24(29)26-22-13-11-21(12-14-22)25-20-9-5-2-6-10-20/h1-14,19,25H,15-17H2,(H,26,29)/t19-/m0/s1. The predicted molar refractivity (Wildman–Crippen MR) is 115 cm³/mol. The number of rotatable bonds is 6. The van der Waals surface area contributed by atoms with Crippen LogP contribution in [0.5, 0.6) is 0 Å². The highest BCUT2D eigenvalue weighted by Gasteiger charge is 2.34. The third kappa shape index (κ3) is 4.82. The lowest BCUT2D eigenvalue weighted by Crippen LogP contribution is -2.28. The maximum absolute atomic E-state index is 12.6. The van der Waals surface area contributed by atoms with E-state index in [0.717, 1.165) is 22.6 Å². The van der Waals surface area contributed by atoms with Gasteiger partial charge in [-0.25, -0.2) is 0 Å². The molecule has 3 aromatic rings. The van der Waals surface area contributed by atoms with Crippen LogP contribution in [-0.4, -0.2) is 23.3 Å². The van der Waals surface area contributed by atoms with Gasteiger partial charge in [-0.15, -0.1) is 0 Å². The third-order valence-electron chi connectivity index (χ3n) is 5.02. The molecule has 146 valence electrons. The second-order valence-corrected chi connectivity index (χ2v) is 7.22. The summed E-state index contributed by atoms with van der Waals surface area (Å²) in [4.78, 5) is 26.7. The Morgan fingerprint density at radius 3 is 2.10 bits per heavy atom. The van der Waals surface area contributed by atoms with Crippen LogP contribution >= 0.6 is 0 Å². The topological polar surface area (TPSA) is 61.4 Å². The molecule has 3 aromatic carbocycles. The first-order valence-electron chi connectivity index (χ1n) is 9.72. The fraction of sp³-hybridized carbons (Fsp3) is 0.167. The van der Waals surface area contributed by atoms with Crippen LogP contribution in [-0.2, 0) is 16.1 Å². The average molecular weight is 385 g/mol. The molecule has 0 radical (unpaired) electrons. The number of nitrogens with one attached hydrogen (secondary N) is 2. The largest absolute Gasteiger partial charge is 0.356 e. The van der Waals surface area contributed by atoms with E-state index in [9.17, 15) is 9.59 Å². The van der Waals surface area contributed by atoms with Crippen molar-refractivity contribution in [2.75, 3.05) is 17.2 Å². The van der Waals surface area contributed by atoms with E-state index >= 15 is 0 Å². The average Bonchev–Trinajstić information content (AvgIpc) is 3.11. The fourth-order valence-corrected chi connectivity index (χ4v) is 3.47. The van der Waals surface area contributed by atoms with Crippen LogP contribution in [0.25, 0.3) is 0 Å². The number of benzene rings is 3. The lowest BCUT2D eigenvalue weighted by Gasteiger charge is -2.16. The minimum atomic E-state index is -0.326. The van der Waals surface area contributed by atoms with Gasteiger partial charge in [-0.1, -0.05) is 48.5 Å². The Kier molecular flexibility index (Phi) is 5.56. The van der Waals surface area contributed by atoms with Gasteiger partial charge < -0.3 is 15.5 Å². The zero-order valence-corrected chi connectivity index (χ0v) is 16.0. The van der Waals surface area contributed by atoms with Gasteiger partial charge in [0.15, 0.2) is 0 Å². The van der Waals surface area contributed by atoms with Gasteiger partial charge in [0.25, 0.3) is 0 Å². The highest BCUT2D eigenvalue weighted by atomic mass is 16.2. The van der Waals surface area contributed by atoms with Crippen LogP contribution in [0.3, 0.4) is 0 Å². The molecule has 5 nitrogen and oxygen atoms in total. The van der Waals surface area contributed by atoms with E-state index in [1.807, 2.05) is 84.9 Å². The summed E-state index contributed by atoms with van der Waals surface area (Å²) < 4.78 is 0. The van der Waals surface area contributed by atoms with E-state index in [2.05, 4.69) is 10.6 Å². The fourth-order valence-electron chi connectivity index (χ4n) is 3.47. The Morgan fingerprint density at radius 1 is 0.828 bits per heavy atom. The number of amides is 2. The van der Waals surface area contributed by atoms with Crippen molar-refractivity contribution in [2.24, 2.45) is 5.92 Å². The summed E-state index contributed by atoms with van der Waals surface area (Å²) in [5, 5.41) is 6.24. The van der Waals surface area contributed by atoms with Crippen molar-refractivity contribution in [3.05, 3.63) is 90.5 Å². The Bertz CT molecular complexity index is 972. The van der Waals surface area contributed by atoms with Crippen molar-refractivity contribution < 1.29 is 9.59 Å². The molecule has 0 aromatic heterocycles. The van der Waals surface area contributed by atoms with Gasteiger partial charge in [-0.05, 0) is 42.0 Å². The Morgan fingerprint density at radius 2 is 1.41 bits per heavy atom. The van der Waals surface area contributed by atoms with Gasteiger partial charge in [0, 0.05) is 36.6 Å². The second kappa shape index (κ2) is 8.61. The van der Waals surface area contributed by atoms with E-state index in [0.29, 0.717) is 13.1 Å². The van der Waals surface area contributed by atoms with E-state index in [-0.39, 0.29) is 24.2 Å². The van der Waals surface area contributed by atoms with Gasteiger partial charge in [0.2, 0.25) is 11.8 Å². The van der Waals surface area contributed by atoms with Crippen molar-refractivity contribution in [1.82, 2.24) is 4.90 Å². The van der Waals surface area contributed by atoms with Crippen LogP contribution in [0.1, 0.15) is 12.0 Å². The Hall–Kier alpha value is -3.60. The molecule has 0 spiro atoms. The number of carbonyl (C=O) groups is 2. The molecule has 5 heteroatoms. The van der Waals surface area contributed by atoms with E-state index in [1.54, 1.807) is 4.90 Å². The molecule has 1 aliphatic rings. The molecule has 29 heavy (non-hydrogen) atoms. The lowest BCUT2D eigenvalue weighted by molar-refractivity contribution is -0.128. The van der Waals surface area contributed by atoms with Gasteiger partial charge in [-0.2, -0.15) is 0 Å². The number of nitrogens with zero attached hydrogens (tertiary/aromatic N) is 1. The minimum absolute atomic E-state index is 0.0245. The van der Waals surface area contributed by atoms with Crippen LogP contribution in [0.2, 0.25) is 0 Å². The van der Waals surface area contributed by atoms with Gasteiger partial charge in [0.05, 0.1) is 5.92 Å². The molecular weight excluding hydrogens is 362 g/mol. The monoisotopic (exact) mass is 385 g/mol. The zero-order chi connectivity index (χ0) is 20.1. The van der Waals surface area contributed by atoms with Crippen molar-refractivity contribution in [1.29, 1.82) is 0 Å². The SMILES string of the molecule is O=C(Nc1ccc(Nc2ccccc2)cc1)[C@H]1CC(=O)N(Cc2ccccc2)C1. The molecule has 2 amide bonds. The molecule has 1 aliphatic heterocycles. The van der Waals surface area contributed by atoms with Crippen molar-refractivity contribution in [2.45, 2.75) is 13.0 Å². The highest BCUT2D eigenvalue weighted by Crippen LogP contribution is 2.23. The molecule has 1 fully saturated rings. The Balaban J connectivity index is 1.33. The predicted octanol–water partition coefficient (Wildman–Crippen LogP) is 4.42. The number of para-hydroxylation sites is 1. The molecule has 2 N–H and O–H groups in total. The van der Waals surface area contributed by atoms with Crippen LogP contribution in [0.15, 0.2) is 84.9 Å². The number of carbonyl (C=O) groups excluding carboxylic acids is 2. The van der Waals surface area contributed by atoms with Crippen molar-refractivity contribution in [3.63, 3.8) is 0 Å². The summed E-state index contributed by atoms with van der Waals surface area (Å²) in [6.07, 6.45) is 0.256. The number of hydrogen-bond acceptors (Lipinski definition) is 3. The number of hydrogen-bond donors (Lipinski definition) is 2. The molecule has 1 saturated heterocycles. The summed E-state index contributed by atoms with van der Waals surface area (Å²) in [6, 6.07) is 27.3. The normalized spacial score (nSPS) is 15.9. The maximum atomic E-state index is 12.6. The van der Waals surface area contributed by atoms with Gasteiger partial charge >= 0.3 is 0 Å². The lowest BCUT2D eigenvalue weighted by atomic mass is 10.1. The van der Waals surface area contributed by atoms with Crippen molar-refractivity contribution >= 4 is 28.9 Å². The molecular formula is C24H23N3O2.